The SMILES string of the molecule is CCC(C)(Pc1ccccc1CNC)c1cc(C)ccc1OCc1ccccc1. The van der Waals surface area contributed by atoms with Crippen molar-refractivity contribution in [3.8, 4) is 5.75 Å². The molecule has 2 nitrogen and oxygen atoms in total. The van der Waals surface area contributed by atoms with E-state index in [4.69, 9.17) is 4.74 Å². The predicted octanol–water partition coefficient (Wildman–Crippen LogP) is 5.92. The zero-order valence-corrected chi connectivity index (χ0v) is 19.0. The van der Waals surface area contributed by atoms with Gasteiger partial charge in [0.15, 0.2) is 0 Å². The highest BCUT2D eigenvalue weighted by molar-refractivity contribution is 7.48. The van der Waals surface area contributed by atoms with E-state index in [2.05, 4.69) is 92.8 Å². The lowest BCUT2D eigenvalue weighted by molar-refractivity contribution is 0.299. The van der Waals surface area contributed by atoms with E-state index in [1.54, 1.807) is 0 Å². The molecule has 0 aliphatic carbocycles. The zero-order chi connectivity index (χ0) is 20.7. The summed E-state index contributed by atoms with van der Waals surface area (Å²) in [6, 6.07) is 25.8. The fraction of sp³-hybridized carbons (Fsp3) is 0.308. The molecule has 0 saturated heterocycles. The molecule has 2 atom stereocenters. The monoisotopic (exact) mass is 405 g/mol. The minimum Gasteiger partial charge on any atom is -0.489 e. The zero-order valence-electron chi connectivity index (χ0n) is 18.0. The second kappa shape index (κ2) is 10.1. The third-order valence-corrected chi connectivity index (χ3v) is 7.40. The highest BCUT2D eigenvalue weighted by Gasteiger charge is 2.29. The smallest absolute Gasteiger partial charge is 0.123 e. The molecule has 0 saturated carbocycles. The topological polar surface area (TPSA) is 21.3 Å². The second-order valence-electron chi connectivity index (χ2n) is 7.77. The summed E-state index contributed by atoms with van der Waals surface area (Å²) in [4.78, 5) is 0. The minimum absolute atomic E-state index is 0.0296. The molecule has 152 valence electrons. The van der Waals surface area contributed by atoms with Gasteiger partial charge < -0.3 is 10.1 Å². The number of hydrogen-bond donors (Lipinski definition) is 1. The van der Waals surface area contributed by atoms with Gasteiger partial charge in [-0.25, -0.2) is 0 Å². The van der Waals surface area contributed by atoms with E-state index >= 15 is 0 Å². The van der Waals surface area contributed by atoms with Crippen LogP contribution >= 0.6 is 8.58 Å². The van der Waals surface area contributed by atoms with E-state index < -0.39 is 0 Å². The molecule has 0 aliphatic rings. The molecule has 0 aliphatic heterocycles. The third-order valence-electron chi connectivity index (χ3n) is 5.47. The first-order valence-electron chi connectivity index (χ1n) is 10.3. The van der Waals surface area contributed by atoms with Crippen molar-refractivity contribution in [1.82, 2.24) is 5.32 Å². The summed E-state index contributed by atoms with van der Waals surface area (Å²) in [5.74, 6) is 1.00. The van der Waals surface area contributed by atoms with Gasteiger partial charge in [0.05, 0.1) is 0 Å². The van der Waals surface area contributed by atoms with Crippen LogP contribution in [0.25, 0.3) is 0 Å². The summed E-state index contributed by atoms with van der Waals surface area (Å²) < 4.78 is 6.33. The van der Waals surface area contributed by atoms with Gasteiger partial charge in [-0.2, -0.15) is 0 Å². The van der Waals surface area contributed by atoms with Crippen molar-refractivity contribution in [1.29, 1.82) is 0 Å². The summed E-state index contributed by atoms with van der Waals surface area (Å²) in [6.45, 7) is 8.33. The highest BCUT2D eigenvalue weighted by atomic mass is 31.1. The van der Waals surface area contributed by atoms with Crippen molar-refractivity contribution < 1.29 is 4.74 Å². The van der Waals surface area contributed by atoms with Crippen LogP contribution in [0, 0.1) is 6.92 Å². The molecule has 0 heterocycles. The Bertz CT molecular complexity index is 925. The molecule has 0 radical (unpaired) electrons. The highest BCUT2D eigenvalue weighted by Crippen LogP contribution is 2.48. The number of ether oxygens (including phenoxy) is 1. The van der Waals surface area contributed by atoms with Crippen molar-refractivity contribution >= 4 is 13.9 Å². The molecular formula is C26H32NOP. The maximum Gasteiger partial charge on any atom is 0.123 e. The van der Waals surface area contributed by atoms with Gasteiger partial charge in [-0.05, 0) is 42.9 Å². The Morgan fingerprint density at radius 3 is 2.41 bits per heavy atom. The van der Waals surface area contributed by atoms with Gasteiger partial charge in [0.2, 0.25) is 0 Å². The second-order valence-corrected chi connectivity index (χ2v) is 9.66. The molecule has 0 fully saturated rings. The first-order valence-corrected chi connectivity index (χ1v) is 11.3. The molecule has 0 aromatic heterocycles. The quantitative estimate of drug-likeness (QED) is 0.446. The third kappa shape index (κ3) is 5.47. The lowest BCUT2D eigenvalue weighted by atomic mass is 9.95. The van der Waals surface area contributed by atoms with Crippen LogP contribution in [0.1, 0.15) is 42.5 Å². The van der Waals surface area contributed by atoms with E-state index in [1.165, 1.54) is 27.6 Å². The molecule has 3 aromatic carbocycles. The number of rotatable bonds is 9. The fourth-order valence-electron chi connectivity index (χ4n) is 3.57. The van der Waals surface area contributed by atoms with E-state index in [-0.39, 0.29) is 5.16 Å². The first-order chi connectivity index (χ1) is 14.1. The molecule has 0 amide bonds. The van der Waals surface area contributed by atoms with E-state index in [9.17, 15) is 0 Å². The fourth-order valence-corrected chi connectivity index (χ4v) is 5.18. The lowest BCUT2D eigenvalue weighted by Gasteiger charge is -2.32. The first kappa shape index (κ1) is 21.6. The van der Waals surface area contributed by atoms with Crippen molar-refractivity contribution in [2.75, 3.05) is 7.05 Å². The number of benzene rings is 3. The van der Waals surface area contributed by atoms with Crippen LogP contribution in [0.2, 0.25) is 0 Å². The van der Waals surface area contributed by atoms with Crippen LogP contribution in [0.5, 0.6) is 5.75 Å². The average Bonchev–Trinajstić information content (AvgIpc) is 2.75. The van der Waals surface area contributed by atoms with Gasteiger partial charge in [0.1, 0.15) is 12.4 Å². The van der Waals surface area contributed by atoms with Crippen LogP contribution < -0.4 is 15.4 Å². The largest absolute Gasteiger partial charge is 0.489 e. The molecule has 0 spiro atoms. The maximum atomic E-state index is 6.33. The summed E-state index contributed by atoms with van der Waals surface area (Å²) in [6.07, 6.45) is 1.06. The molecule has 0 bridgehead atoms. The van der Waals surface area contributed by atoms with Crippen LogP contribution in [-0.2, 0) is 18.3 Å². The van der Waals surface area contributed by atoms with Gasteiger partial charge in [0, 0.05) is 17.3 Å². The maximum absolute atomic E-state index is 6.33. The Labute approximate surface area is 177 Å². The Morgan fingerprint density at radius 1 is 0.966 bits per heavy atom. The van der Waals surface area contributed by atoms with Gasteiger partial charge in [-0.1, -0.05) is 94.7 Å². The lowest BCUT2D eigenvalue weighted by Crippen LogP contribution is -2.22. The van der Waals surface area contributed by atoms with Crippen LogP contribution in [0.15, 0.2) is 72.8 Å². The number of hydrogen-bond acceptors (Lipinski definition) is 2. The van der Waals surface area contributed by atoms with Gasteiger partial charge >= 0.3 is 0 Å². The van der Waals surface area contributed by atoms with E-state index in [1.807, 2.05) is 13.1 Å². The Morgan fingerprint density at radius 2 is 1.69 bits per heavy atom. The summed E-state index contributed by atoms with van der Waals surface area (Å²) in [5.41, 5.74) is 5.17. The van der Waals surface area contributed by atoms with Crippen LogP contribution in [-0.4, -0.2) is 7.05 Å². The van der Waals surface area contributed by atoms with E-state index in [0.29, 0.717) is 15.2 Å². The minimum atomic E-state index is 0.0296. The Balaban J connectivity index is 1.92. The number of aryl methyl sites for hydroxylation is 1. The normalized spacial score (nSPS) is 13.5. The van der Waals surface area contributed by atoms with E-state index in [0.717, 1.165) is 18.7 Å². The van der Waals surface area contributed by atoms with Crippen molar-refractivity contribution in [2.45, 2.75) is 45.5 Å². The van der Waals surface area contributed by atoms with Gasteiger partial charge in [-0.15, -0.1) is 0 Å². The van der Waals surface area contributed by atoms with Crippen molar-refractivity contribution in [2.24, 2.45) is 0 Å². The van der Waals surface area contributed by atoms with Gasteiger partial charge in [0.25, 0.3) is 0 Å². The molecule has 3 heteroatoms. The Kier molecular flexibility index (Phi) is 7.47. The standard InChI is InChI=1S/C26H32NOP/c1-5-26(3,29-25-14-10-9-13-22(25)18-27-4)23-17-20(2)15-16-24(23)28-19-21-11-7-6-8-12-21/h6-17,27,29H,5,18-19H2,1-4H3. The molecule has 29 heavy (non-hydrogen) atoms. The molecular weight excluding hydrogens is 373 g/mol. The predicted molar refractivity (Wildman–Crippen MR) is 127 cm³/mol. The molecule has 3 aromatic rings. The Hall–Kier alpha value is -2.15. The molecule has 1 N–H and O–H groups in total. The number of nitrogens with one attached hydrogen (secondary N) is 1. The van der Waals surface area contributed by atoms with Crippen LogP contribution in [0.3, 0.4) is 0 Å². The van der Waals surface area contributed by atoms with Gasteiger partial charge in [-0.3, -0.25) is 0 Å². The average molecular weight is 406 g/mol. The molecule has 2 unspecified atom stereocenters. The summed E-state index contributed by atoms with van der Waals surface area (Å²) in [7, 11) is 2.69. The summed E-state index contributed by atoms with van der Waals surface area (Å²) >= 11 is 0. The van der Waals surface area contributed by atoms with Crippen molar-refractivity contribution in [3.05, 3.63) is 95.1 Å². The molecule has 3 rings (SSSR count). The van der Waals surface area contributed by atoms with Crippen molar-refractivity contribution in [3.63, 3.8) is 0 Å². The van der Waals surface area contributed by atoms with Crippen LogP contribution in [0.4, 0.5) is 0 Å². The summed E-state index contributed by atoms with van der Waals surface area (Å²) in [5, 5.41) is 4.77.